The van der Waals surface area contributed by atoms with Gasteiger partial charge in [0.05, 0.1) is 25.6 Å². The van der Waals surface area contributed by atoms with Crippen LogP contribution in [0.3, 0.4) is 0 Å². The number of hydrogen-bond acceptors (Lipinski definition) is 4. The molecule has 1 aliphatic heterocycles. The van der Waals surface area contributed by atoms with Gasteiger partial charge in [-0.05, 0) is 49.4 Å². The van der Waals surface area contributed by atoms with Gasteiger partial charge >= 0.3 is 0 Å². The quantitative estimate of drug-likeness (QED) is 0.868. The molecule has 3 rings (SSSR count). The fourth-order valence-electron chi connectivity index (χ4n) is 3.49. The van der Waals surface area contributed by atoms with E-state index in [-0.39, 0.29) is 30.3 Å². The summed E-state index contributed by atoms with van der Waals surface area (Å²) in [5.74, 6) is 1.09. The number of nitrogens with zero attached hydrogens (tertiary/aromatic N) is 1. The van der Waals surface area contributed by atoms with Crippen LogP contribution in [-0.2, 0) is 9.59 Å². The van der Waals surface area contributed by atoms with Crippen molar-refractivity contribution in [3.63, 3.8) is 0 Å². The van der Waals surface area contributed by atoms with E-state index in [2.05, 4.69) is 12.2 Å². The Balaban J connectivity index is 1.64. The van der Waals surface area contributed by atoms with E-state index in [1.807, 2.05) is 24.3 Å². The largest absolute Gasteiger partial charge is 0.497 e. The Labute approximate surface area is 130 Å². The minimum absolute atomic E-state index is 0.0112. The summed E-state index contributed by atoms with van der Waals surface area (Å²) in [6.07, 6.45) is 2.73. The number of anilines is 1. The molecule has 3 atom stereocenters. The number of likely N-dealkylation sites (tertiary alicyclic amines) is 1. The fourth-order valence-corrected chi connectivity index (χ4v) is 3.49. The van der Waals surface area contributed by atoms with Gasteiger partial charge in [-0.3, -0.25) is 14.5 Å². The minimum atomic E-state index is -0.103. The third kappa shape index (κ3) is 2.67. The molecular weight excluding hydrogens is 280 g/mol. The third-order valence-corrected chi connectivity index (χ3v) is 4.81. The van der Waals surface area contributed by atoms with Gasteiger partial charge in [0.1, 0.15) is 5.75 Å². The van der Waals surface area contributed by atoms with Crippen molar-refractivity contribution < 1.29 is 14.3 Å². The van der Waals surface area contributed by atoms with Crippen molar-refractivity contribution >= 4 is 17.5 Å². The Morgan fingerprint density at radius 2 is 1.82 bits per heavy atom. The zero-order valence-electron chi connectivity index (χ0n) is 13.0. The summed E-state index contributed by atoms with van der Waals surface area (Å²) in [4.78, 5) is 26.3. The van der Waals surface area contributed by atoms with E-state index >= 15 is 0 Å². The van der Waals surface area contributed by atoms with Crippen molar-refractivity contribution in [3.05, 3.63) is 24.3 Å². The molecule has 2 aliphatic rings. The van der Waals surface area contributed by atoms with Gasteiger partial charge in [0.15, 0.2) is 0 Å². The predicted octanol–water partition coefficient (Wildman–Crippen LogP) is 2.49. The topological polar surface area (TPSA) is 58.6 Å². The number of rotatable bonds is 4. The average molecular weight is 302 g/mol. The Morgan fingerprint density at radius 1 is 1.14 bits per heavy atom. The second kappa shape index (κ2) is 5.99. The molecule has 0 spiro atoms. The maximum atomic E-state index is 12.5. The summed E-state index contributed by atoms with van der Waals surface area (Å²) in [7, 11) is 1.62. The van der Waals surface area contributed by atoms with E-state index < -0.39 is 0 Å². The SMILES string of the molecule is COc1ccc(NCN2C(=O)[C@H]3CC[C@H](C)C[C@H]3C2=O)cc1. The van der Waals surface area contributed by atoms with E-state index in [4.69, 9.17) is 4.74 Å². The van der Waals surface area contributed by atoms with Gasteiger partial charge in [0.25, 0.3) is 0 Å². The van der Waals surface area contributed by atoms with E-state index in [9.17, 15) is 9.59 Å². The lowest BCUT2D eigenvalue weighted by molar-refractivity contribution is -0.139. The monoisotopic (exact) mass is 302 g/mol. The van der Waals surface area contributed by atoms with Crippen molar-refractivity contribution in [2.24, 2.45) is 17.8 Å². The number of benzene rings is 1. The first-order valence-electron chi connectivity index (χ1n) is 7.83. The maximum Gasteiger partial charge on any atom is 0.234 e. The molecule has 1 saturated heterocycles. The zero-order valence-corrected chi connectivity index (χ0v) is 13.0. The summed E-state index contributed by atoms with van der Waals surface area (Å²) >= 11 is 0. The van der Waals surface area contributed by atoms with Gasteiger partial charge in [0.2, 0.25) is 11.8 Å². The Hall–Kier alpha value is -2.04. The number of hydrogen-bond donors (Lipinski definition) is 1. The van der Waals surface area contributed by atoms with Gasteiger partial charge in [-0.2, -0.15) is 0 Å². The summed E-state index contributed by atoms with van der Waals surface area (Å²) < 4.78 is 5.11. The van der Waals surface area contributed by atoms with E-state index in [0.29, 0.717) is 5.92 Å². The molecule has 22 heavy (non-hydrogen) atoms. The molecule has 1 saturated carbocycles. The molecule has 0 bridgehead atoms. The van der Waals surface area contributed by atoms with E-state index in [1.54, 1.807) is 7.11 Å². The predicted molar refractivity (Wildman–Crippen MR) is 83.3 cm³/mol. The summed E-state index contributed by atoms with van der Waals surface area (Å²) in [5, 5.41) is 3.15. The number of carbonyl (C=O) groups is 2. The molecule has 118 valence electrons. The minimum Gasteiger partial charge on any atom is -0.497 e. The number of carbonyl (C=O) groups excluding carboxylic acids is 2. The molecule has 0 unspecified atom stereocenters. The fraction of sp³-hybridized carbons (Fsp3) is 0.529. The lowest BCUT2D eigenvalue weighted by Crippen LogP contribution is -2.35. The molecule has 1 aromatic carbocycles. The highest BCUT2D eigenvalue weighted by molar-refractivity contribution is 6.05. The summed E-state index contributed by atoms with van der Waals surface area (Å²) in [6, 6.07) is 7.44. The molecule has 2 amide bonds. The normalized spacial score (nSPS) is 27.7. The van der Waals surface area contributed by atoms with E-state index in [0.717, 1.165) is 30.7 Å². The highest BCUT2D eigenvalue weighted by atomic mass is 16.5. The average Bonchev–Trinajstić information content (AvgIpc) is 2.77. The summed E-state index contributed by atoms with van der Waals surface area (Å²) in [5.41, 5.74) is 0.865. The van der Waals surface area contributed by atoms with Crippen molar-refractivity contribution in [1.82, 2.24) is 4.90 Å². The van der Waals surface area contributed by atoms with Crippen LogP contribution in [0.25, 0.3) is 0 Å². The maximum absolute atomic E-state index is 12.5. The molecule has 1 aromatic rings. The highest BCUT2D eigenvalue weighted by Gasteiger charge is 2.49. The number of methoxy groups -OCH3 is 1. The Morgan fingerprint density at radius 3 is 2.50 bits per heavy atom. The van der Waals surface area contributed by atoms with Crippen molar-refractivity contribution in [3.8, 4) is 5.75 Å². The number of imide groups is 1. The van der Waals surface area contributed by atoms with Crippen LogP contribution < -0.4 is 10.1 Å². The number of amides is 2. The van der Waals surface area contributed by atoms with Crippen LogP contribution in [0.4, 0.5) is 5.69 Å². The lowest BCUT2D eigenvalue weighted by Gasteiger charge is -2.25. The standard InChI is InChI=1S/C17H22N2O3/c1-11-3-8-14-15(9-11)17(21)19(16(14)20)10-18-12-4-6-13(22-2)7-5-12/h4-7,11,14-15,18H,3,8-10H2,1-2H3/t11-,14-,15+/m0/s1. The Kier molecular flexibility index (Phi) is 4.05. The third-order valence-electron chi connectivity index (χ3n) is 4.81. The lowest BCUT2D eigenvalue weighted by atomic mass is 9.76. The zero-order chi connectivity index (χ0) is 15.7. The van der Waals surface area contributed by atoms with Crippen molar-refractivity contribution in [2.75, 3.05) is 19.1 Å². The van der Waals surface area contributed by atoms with Crippen LogP contribution in [0.2, 0.25) is 0 Å². The van der Waals surface area contributed by atoms with E-state index in [1.165, 1.54) is 4.90 Å². The van der Waals surface area contributed by atoms with Crippen LogP contribution in [0.15, 0.2) is 24.3 Å². The van der Waals surface area contributed by atoms with Crippen LogP contribution >= 0.6 is 0 Å². The van der Waals surface area contributed by atoms with Crippen LogP contribution in [0.5, 0.6) is 5.75 Å². The van der Waals surface area contributed by atoms with Crippen LogP contribution in [0.1, 0.15) is 26.2 Å². The number of fused-ring (bicyclic) bond motifs is 1. The molecule has 0 aromatic heterocycles. The summed E-state index contributed by atoms with van der Waals surface area (Å²) in [6.45, 7) is 2.40. The molecule has 2 fully saturated rings. The number of ether oxygens (including phenoxy) is 1. The second-order valence-electron chi connectivity index (χ2n) is 6.30. The molecule has 0 radical (unpaired) electrons. The molecular formula is C17H22N2O3. The van der Waals surface area contributed by atoms with Crippen molar-refractivity contribution in [2.45, 2.75) is 26.2 Å². The van der Waals surface area contributed by atoms with Gasteiger partial charge in [0, 0.05) is 5.69 Å². The van der Waals surface area contributed by atoms with Gasteiger partial charge < -0.3 is 10.1 Å². The Bertz CT molecular complexity index is 570. The molecule has 5 nitrogen and oxygen atoms in total. The molecule has 5 heteroatoms. The molecule has 1 N–H and O–H groups in total. The van der Waals surface area contributed by atoms with Gasteiger partial charge in [-0.15, -0.1) is 0 Å². The van der Waals surface area contributed by atoms with Crippen LogP contribution in [-0.4, -0.2) is 30.5 Å². The van der Waals surface area contributed by atoms with Gasteiger partial charge in [-0.25, -0.2) is 0 Å². The number of nitrogens with one attached hydrogen (secondary N) is 1. The molecule has 1 heterocycles. The van der Waals surface area contributed by atoms with Gasteiger partial charge in [-0.1, -0.05) is 6.92 Å². The second-order valence-corrected chi connectivity index (χ2v) is 6.30. The molecule has 1 aliphatic carbocycles. The first kappa shape index (κ1) is 14.9. The first-order chi connectivity index (χ1) is 10.6. The van der Waals surface area contributed by atoms with Crippen molar-refractivity contribution in [1.29, 1.82) is 0 Å². The highest BCUT2D eigenvalue weighted by Crippen LogP contribution is 2.40. The van der Waals surface area contributed by atoms with Crippen LogP contribution in [0, 0.1) is 17.8 Å². The first-order valence-corrected chi connectivity index (χ1v) is 7.83. The smallest absolute Gasteiger partial charge is 0.234 e.